The third-order valence-electron chi connectivity index (χ3n) is 5.41. The van der Waals surface area contributed by atoms with Crippen molar-refractivity contribution >= 4 is 23.1 Å². The number of benzene rings is 2. The molecule has 2 heterocycles. The van der Waals surface area contributed by atoms with E-state index in [4.69, 9.17) is 4.74 Å². The zero-order chi connectivity index (χ0) is 22.7. The zero-order valence-corrected chi connectivity index (χ0v) is 18.0. The molecule has 1 unspecified atom stereocenters. The highest BCUT2D eigenvalue weighted by Crippen LogP contribution is 2.42. The molecule has 1 aliphatic rings. The van der Waals surface area contributed by atoms with Crippen LogP contribution < -0.4 is 9.64 Å². The maximum atomic E-state index is 13.1. The molecule has 3 aromatic rings. The Labute approximate surface area is 186 Å². The van der Waals surface area contributed by atoms with Gasteiger partial charge in [-0.2, -0.15) is 0 Å². The Morgan fingerprint density at radius 2 is 1.78 bits per heavy atom. The average Bonchev–Trinajstić information content (AvgIpc) is 3.09. The lowest BCUT2D eigenvalue weighted by atomic mass is 9.95. The topological polar surface area (TPSA) is 79.7 Å². The Bertz CT molecular complexity index is 1170. The summed E-state index contributed by atoms with van der Waals surface area (Å²) in [5.41, 5.74) is 2.60. The van der Waals surface area contributed by atoms with Gasteiger partial charge in [0.25, 0.3) is 11.7 Å². The number of aliphatic hydroxyl groups is 1. The molecule has 1 amide bonds. The molecule has 4 rings (SSSR count). The number of pyridine rings is 1. The summed E-state index contributed by atoms with van der Waals surface area (Å²) in [4.78, 5) is 31.7. The van der Waals surface area contributed by atoms with Crippen molar-refractivity contribution in [2.45, 2.75) is 26.3 Å². The van der Waals surface area contributed by atoms with Crippen molar-refractivity contribution in [3.05, 3.63) is 95.3 Å². The molecule has 0 radical (unpaired) electrons. The minimum absolute atomic E-state index is 0.0479. The second-order valence-corrected chi connectivity index (χ2v) is 7.61. The maximum absolute atomic E-state index is 13.1. The van der Waals surface area contributed by atoms with Gasteiger partial charge in [-0.1, -0.05) is 25.1 Å². The third kappa shape index (κ3) is 3.87. The zero-order valence-electron chi connectivity index (χ0n) is 18.0. The van der Waals surface area contributed by atoms with Crippen LogP contribution in [0.1, 0.15) is 36.1 Å². The molecule has 0 bridgehead atoms. The molecule has 6 nitrogen and oxygen atoms in total. The number of rotatable bonds is 6. The highest BCUT2D eigenvalue weighted by molar-refractivity contribution is 6.51. The Morgan fingerprint density at radius 3 is 2.44 bits per heavy atom. The van der Waals surface area contributed by atoms with Gasteiger partial charge in [-0.15, -0.1) is 0 Å². The number of hydrogen-bond donors (Lipinski definition) is 1. The van der Waals surface area contributed by atoms with E-state index in [9.17, 15) is 14.7 Å². The lowest BCUT2D eigenvalue weighted by molar-refractivity contribution is -0.132. The molecule has 1 aromatic heterocycles. The van der Waals surface area contributed by atoms with E-state index in [0.29, 0.717) is 23.4 Å². The van der Waals surface area contributed by atoms with Crippen LogP contribution in [0.25, 0.3) is 5.76 Å². The molecule has 1 atom stereocenters. The summed E-state index contributed by atoms with van der Waals surface area (Å²) in [6.45, 7) is 4.50. The van der Waals surface area contributed by atoms with Crippen molar-refractivity contribution in [2.75, 3.05) is 11.5 Å². The van der Waals surface area contributed by atoms with Crippen LogP contribution in [-0.2, 0) is 9.59 Å². The van der Waals surface area contributed by atoms with Crippen molar-refractivity contribution in [3.63, 3.8) is 0 Å². The van der Waals surface area contributed by atoms with Crippen molar-refractivity contribution in [1.82, 2.24) is 4.98 Å². The Kier molecular flexibility index (Phi) is 6.03. The summed E-state index contributed by atoms with van der Waals surface area (Å²) < 4.78 is 5.72. The minimum Gasteiger partial charge on any atom is -0.507 e. The number of aromatic nitrogens is 1. The molecule has 32 heavy (non-hydrogen) atoms. The number of nitrogens with zero attached hydrogens (tertiary/aromatic N) is 2. The minimum atomic E-state index is -0.767. The first-order chi connectivity index (χ1) is 15.5. The Hall–Kier alpha value is -3.93. The largest absolute Gasteiger partial charge is 0.507 e. The standard InChI is InChI=1S/C26H24N2O4/c1-3-15-32-21-10-9-19(16-17(21)2)24(29)22-23(18-11-13-27-14-12-18)28(26(31)25(22)30)20-7-5-4-6-8-20/h4-14,16,23,29H,3,15H2,1-2H3/b24-22-. The van der Waals surface area contributed by atoms with E-state index in [1.54, 1.807) is 67.0 Å². The van der Waals surface area contributed by atoms with Gasteiger partial charge in [0.2, 0.25) is 0 Å². The van der Waals surface area contributed by atoms with Gasteiger partial charge in [-0.05, 0) is 66.9 Å². The maximum Gasteiger partial charge on any atom is 0.300 e. The SMILES string of the molecule is CCCOc1ccc(/C(O)=C2/C(=O)C(=O)N(c3ccccc3)C2c2ccncc2)cc1C. The van der Waals surface area contributed by atoms with Gasteiger partial charge in [-0.3, -0.25) is 19.5 Å². The van der Waals surface area contributed by atoms with Crippen molar-refractivity contribution < 1.29 is 19.4 Å². The second-order valence-electron chi connectivity index (χ2n) is 7.61. The highest BCUT2D eigenvalue weighted by atomic mass is 16.5. The molecule has 0 aliphatic carbocycles. The van der Waals surface area contributed by atoms with Crippen LogP contribution in [0.2, 0.25) is 0 Å². The number of amides is 1. The fourth-order valence-electron chi connectivity index (χ4n) is 3.87. The van der Waals surface area contributed by atoms with Gasteiger partial charge < -0.3 is 9.84 Å². The number of carbonyl (C=O) groups excluding carboxylic acids is 2. The van der Waals surface area contributed by atoms with E-state index in [2.05, 4.69) is 4.98 Å². The fraction of sp³-hybridized carbons (Fsp3) is 0.192. The molecule has 2 aromatic carbocycles. The van der Waals surface area contributed by atoms with Crippen LogP contribution in [-0.4, -0.2) is 28.4 Å². The van der Waals surface area contributed by atoms with Gasteiger partial charge in [0, 0.05) is 23.6 Å². The van der Waals surface area contributed by atoms with Crippen LogP contribution >= 0.6 is 0 Å². The molecule has 0 saturated carbocycles. The third-order valence-corrected chi connectivity index (χ3v) is 5.41. The lowest BCUT2D eigenvalue weighted by Crippen LogP contribution is -2.29. The average molecular weight is 428 g/mol. The van der Waals surface area contributed by atoms with Gasteiger partial charge in [0.15, 0.2) is 0 Å². The summed E-state index contributed by atoms with van der Waals surface area (Å²) in [7, 11) is 0. The first-order valence-corrected chi connectivity index (χ1v) is 10.5. The molecule has 1 N–H and O–H groups in total. The van der Waals surface area contributed by atoms with Gasteiger partial charge in [0.1, 0.15) is 11.5 Å². The molecule has 1 fully saturated rings. The number of para-hydroxylation sites is 1. The number of ketones is 1. The molecule has 0 spiro atoms. The number of aryl methyl sites for hydroxylation is 1. The summed E-state index contributed by atoms with van der Waals surface area (Å²) in [6, 6.07) is 16.9. The van der Waals surface area contributed by atoms with E-state index >= 15 is 0 Å². The number of ether oxygens (including phenoxy) is 1. The molecular formula is C26H24N2O4. The molecule has 162 valence electrons. The number of hydrogen-bond acceptors (Lipinski definition) is 5. The van der Waals surface area contributed by atoms with Crippen LogP contribution in [0.3, 0.4) is 0 Å². The van der Waals surface area contributed by atoms with E-state index in [0.717, 1.165) is 17.7 Å². The Balaban J connectivity index is 1.85. The highest BCUT2D eigenvalue weighted by Gasteiger charge is 2.46. The van der Waals surface area contributed by atoms with E-state index < -0.39 is 17.7 Å². The van der Waals surface area contributed by atoms with Crippen molar-refractivity contribution in [1.29, 1.82) is 0 Å². The summed E-state index contributed by atoms with van der Waals surface area (Å²) in [5, 5.41) is 11.2. The predicted molar refractivity (Wildman–Crippen MR) is 122 cm³/mol. The van der Waals surface area contributed by atoms with E-state index in [1.165, 1.54) is 4.90 Å². The van der Waals surface area contributed by atoms with Crippen LogP contribution in [0, 0.1) is 6.92 Å². The number of Topliss-reactive ketones (excluding diaryl/α,β-unsaturated/α-hetero) is 1. The van der Waals surface area contributed by atoms with Gasteiger partial charge in [0.05, 0.1) is 18.2 Å². The molecule has 6 heteroatoms. The van der Waals surface area contributed by atoms with Crippen LogP contribution in [0.5, 0.6) is 5.75 Å². The summed E-state index contributed by atoms with van der Waals surface area (Å²) >= 11 is 0. The first-order valence-electron chi connectivity index (χ1n) is 10.5. The van der Waals surface area contributed by atoms with Gasteiger partial charge in [-0.25, -0.2) is 0 Å². The molecule has 1 saturated heterocycles. The summed E-state index contributed by atoms with van der Waals surface area (Å²) in [5.74, 6) is -0.899. The smallest absolute Gasteiger partial charge is 0.300 e. The normalized spacial score (nSPS) is 17.6. The summed E-state index contributed by atoms with van der Waals surface area (Å²) in [6.07, 6.45) is 4.09. The second kappa shape index (κ2) is 9.06. The van der Waals surface area contributed by atoms with Crippen LogP contribution in [0.15, 0.2) is 78.6 Å². The Morgan fingerprint density at radius 1 is 1.06 bits per heavy atom. The number of anilines is 1. The van der Waals surface area contributed by atoms with E-state index in [-0.39, 0.29) is 11.3 Å². The molecular weight excluding hydrogens is 404 g/mol. The lowest BCUT2D eigenvalue weighted by Gasteiger charge is -2.25. The molecule has 1 aliphatic heterocycles. The van der Waals surface area contributed by atoms with Crippen molar-refractivity contribution in [2.24, 2.45) is 0 Å². The van der Waals surface area contributed by atoms with E-state index in [1.807, 2.05) is 19.9 Å². The van der Waals surface area contributed by atoms with Crippen molar-refractivity contribution in [3.8, 4) is 5.75 Å². The van der Waals surface area contributed by atoms with Gasteiger partial charge >= 0.3 is 0 Å². The number of carbonyl (C=O) groups is 2. The first kappa shape index (κ1) is 21.3. The number of aliphatic hydroxyl groups excluding tert-OH is 1. The predicted octanol–water partition coefficient (Wildman–Crippen LogP) is 4.81. The van der Waals surface area contributed by atoms with Crippen LogP contribution in [0.4, 0.5) is 5.69 Å². The quantitative estimate of drug-likeness (QED) is 0.346. The monoisotopic (exact) mass is 428 g/mol. The fourth-order valence-corrected chi connectivity index (χ4v) is 3.87.